The number of carbonyl (C=O) groups excluding carboxylic acids is 1. The first-order valence-corrected chi connectivity index (χ1v) is 9.86. The molecule has 0 saturated heterocycles. The van der Waals surface area contributed by atoms with Gasteiger partial charge in [0.1, 0.15) is 16.4 Å². The zero-order valence-electron chi connectivity index (χ0n) is 14.3. The van der Waals surface area contributed by atoms with Crippen molar-refractivity contribution in [1.29, 1.82) is 0 Å². The van der Waals surface area contributed by atoms with Gasteiger partial charge in [-0.25, -0.2) is 4.98 Å². The maximum absolute atomic E-state index is 12.3. The maximum atomic E-state index is 12.3. The zero-order valence-corrected chi connectivity index (χ0v) is 16.0. The van der Waals surface area contributed by atoms with Crippen LogP contribution in [-0.4, -0.2) is 22.2 Å². The van der Waals surface area contributed by atoms with Crippen LogP contribution in [0, 0.1) is 0 Å². The predicted molar refractivity (Wildman–Crippen MR) is 111 cm³/mol. The fourth-order valence-electron chi connectivity index (χ4n) is 2.37. The summed E-state index contributed by atoms with van der Waals surface area (Å²) in [7, 11) is 0. The first-order chi connectivity index (χ1) is 13.7. The standard InChI is InChI=1S/C19H14N4O3S2/c24-13-5-1-4-12(10-13)11-20-23-19-21-16(15-7-3-9-27-15)18(28-19)22-17(25)14-6-2-8-26-14/h1-11,24H,(H,21,23)(H,22,25)/b20-11+. The van der Waals surface area contributed by atoms with Crippen LogP contribution < -0.4 is 10.7 Å². The molecule has 9 heteroatoms. The van der Waals surface area contributed by atoms with E-state index in [1.807, 2.05) is 23.6 Å². The highest BCUT2D eigenvalue weighted by atomic mass is 32.1. The van der Waals surface area contributed by atoms with Gasteiger partial charge in [0.15, 0.2) is 5.76 Å². The van der Waals surface area contributed by atoms with E-state index in [0.29, 0.717) is 15.8 Å². The molecule has 0 spiro atoms. The summed E-state index contributed by atoms with van der Waals surface area (Å²) in [5.74, 6) is 0.0457. The number of furan rings is 1. The van der Waals surface area contributed by atoms with Crippen molar-refractivity contribution in [3.63, 3.8) is 0 Å². The van der Waals surface area contributed by atoms with Gasteiger partial charge in [-0.2, -0.15) is 5.10 Å². The molecule has 28 heavy (non-hydrogen) atoms. The van der Waals surface area contributed by atoms with Crippen molar-refractivity contribution >= 4 is 44.9 Å². The van der Waals surface area contributed by atoms with Crippen molar-refractivity contribution in [3.8, 4) is 16.3 Å². The van der Waals surface area contributed by atoms with Crippen LogP contribution in [0.25, 0.3) is 10.6 Å². The Labute approximate surface area is 168 Å². The van der Waals surface area contributed by atoms with Crippen molar-refractivity contribution in [1.82, 2.24) is 4.98 Å². The van der Waals surface area contributed by atoms with Gasteiger partial charge in [-0.3, -0.25) is 10.2 Å². The van der Waals surface area contributed by atoms with E-state index < -0.39 is 0 Å². The van der Waals surface area contributed by atoms with Crippen LogP contribution in [0.5, 0.6) is 5.75 Å². The van der Waals surface area contributed by atoms with Gasteiger partial charge in [0.05, 0.1) is 17.4 Å². The second-order valence-corrected chi connectivity index (χ2v) is 7.52. The summed E-state index contributed by atoms with van der Waals surface area (Å²) in [4.78, 5) is 17.8. The molecule has 0 unspecified atom stereocenters. The van der Waals surface area contributed by atoms with Crippen molar-refractivity contribution in [2.45, 2.75) is 0 Å². The average Bonchev–Trinajstić information content (AvgIpc) is 3.44. The molecule has 0 fully saturated rings. The Hall–Kier alpha value is -3.43. The van der Waals surface area contributed by atoms with Gasteiger partial charge in [-0.15, -0.1) is 11.3 Å². The van der Waals surface area contributed by atoms with Gasteiger partial charge in [-0.05, 0) is 41.3 Å². The molecule has 0 aliphatic heterocycles. The lowest BCUT2D eigenvalue weighted by molar-refractivity contribution is 0.0997. The number of amides is 1. The largest absolute Gasteiger partial charge is 0.508 e. The van der Waals surface area contributed by atoms with E-state index in [9.17, 15) is 9.90 Å². The van der Waals surface area contributed by atoms with E-state index in [-0.39, 0.29) is 17.4 Å². The van der Waals surface area contributed by atoms with Crippen LogP contribution in [0.1, 0.15) is 16.1 Å². The Morgan fingerprint density at radius 3 is 2.89 bits per heavy atom. The van der Waals surface area contributed by atoms with Crippen LogP contribution >= 0.6 is 22.7 Å². The summed E-state index contributed by atoms with van der Waals surface area (Å²) < 4.78 is 5.14. The molecular weight excluding hydrogens is 396 g/mol. The smallest absolute Gasteiger partial charge is 0.292 e. The number of benzene rings is 1. The molecule has 0 bridgehead atoms. The van der Waals surface area contributed by atoms with E-state index in [2.05, 4.69) is 20.8 Å². The number of nitrogens with zero attached hydrogens (tertiary/aromatic N) is 2. The highest BCUT2D eigenvalue weighted by Gasteiger charge is 2.18. The van der Waals surface area contributed by atoms with Gasteiger partial charge >= 0.3 is 0 Å². The molecule has 4 aromatic rings. The number of aromatic hydroxyl groups is 1. The summed E-state index contributed by atoms with van der Waals surface area (Å²) in [6.45, 7) is 0. The van der Waals surface area contributed by atoms with Gasteiger partial charge in [0, 0.05) is 0 Å². The quantitative estimate of drug-likeness (QED) is 0.311. The van der Waals surface area contributed by atoms with Crippen LogP contribution in [0.2, 0.25) is 0 Å². The van der Waals surface area contributed by atoms with Crippen LogP contribution in [0.15, 0.2) is 69.7 Å². The first kappa shape index (κ1) is 18.0. The van der Waals surface area contributed by atoms with Crippen LogP contribution in [-0.2, 0) is 0 Å². The van der Waals surface area contributed by atoms with E-state index >= 15 is 0 Å². The number of hydrogen-bond donors (Lipinski definition) is 3. The normalized spacial score (nSPS) is 11.0. The lowest BCUT2D eigenvalue weighted by atomic mass is 10.2. The Kier molecular flexibility index (Phi) is 5.18. The molecule has 7 nitrogen and oxygen atoms in total. The first-order valence-electron chi connectivity index (χ1n) is 8.17. The fraction of sp³-hybridized carbons (Fsp3) is 0. The number of nitrogens with one attached hydrogen (secondary N) is 2. The van der Waals surface area contributed by atoms with Gasteiger partial charge in [0.2, 0.25) is 5.13 Å². The van der Waals surface area contributed by atoms with Crippen molar-refractivity contribution < 1.29 is 14.3 Å². The third-order valence-corrected chi connectivity index (χ3v) is 5.35. The number of anilines is 2. The van der Waals surface area contributed by atoms with E-state index in [4.69, 9.17) is 4.42 Å². The number of hydrazone groups is 1. The van der Waals surface area contributed by atoms with E-state index in [1.165, 1.54) is 28.9 Å². The number of aromatic nitrogens is 1. The summed E-state index contributed by atoms with van der Waals surface area (Å²) in [5.41, 5.74) is 4.27. The van der Waals surface area contributed by atoms with E-state index in [1.54, 1.807) is 36.5 Å². The molecular formula is C19H14N4O3S2. The SMILES string of the molecule is O=C(Nc1sc(N/N=C/c2cccc(O)c2)nc1-c1cccs1)c1ccco1. The summed E-state index contributed by atoms with van der Waals surface area (Å²) in [6.07, 6.45) is 3.03. The van der Waals surface area contributed by atoms with Crippen LogP contribution in [0.3, 0.4) is 0 Å². The molecule has 140 valence electrons. The summed E-state index contributed by atoms with van der Waals surface area (Å²) >= 11 is 2.80. The number of phenolic OH excluding ortho intramolecular Hbond substituents is 1. The summed E-state index contributed by atoms with van der Waals surface area (Å²) in [5, 5.41) is 19.6. The number of thiazole rings is 1. The van der Waals surface area contributed by atoms with Gasteiger partial charge < -0.3 is 14.8 Å². The monoisotopic (exact) mass is 410 g/mol. The van der Waals surface area contributed by atoms with Crippen molar-refractivity contribution in [2.24, 2.45) is 5.10 Å². The molecule has 0 saturated carbocycles. The second-order valence-electron chi connectivity index (χ2n) is 5.57. The second kappa shape index (κ2) is 8.07. The maximum Gasteiger partial charge on any atom is 0.292 e. The molecule has 0 aliphatic carbocycles. The molecule has 1 aromatic carbocycles. The average molecular weight is 410 g/mol. The topological polar surface area (TPSA) is 99.8 Å². The zero-order chi connectivity index (χ0) is 19.3. The number of phenols is 1. The summed E-state index contributed by atoms with van der Waals surface area (Å²) in [6, 6.07) is 13.8. The molecule has 0 atom stereocenters. The molecule has 3 heterocycles. The molecule has 3 aromatic heterocycles. The number of thiophene rings is 1. The Bertz CT molecular complexity index is 1100. The molecule has 0 aliphatic rings. The van der Waals surface area contributed by atoms with Crippen LogP contribution in [0.4, 0.5) is 10.1 Å². The lowest BCUT2D eigenvalue weighted by Crippen LogP contribution is -2.10. The third kappa shape index (κ3) is 4.11. The molecule has 1 amide bonds. The lowest BCUT2D eigenvalue weighted by Gasteiger charge is -2.01. The van der Waals surface area contributed by atoms with Crippen molar-refractivity contribution in [3.05, 3.63) is 71.5 Å². The number of hydrogen-bond acceptors (Lipinski definition) is 8. The van der Waals surface area contributed by atoms with Crippen molar-refractivity contribution in [2.75, 3.05) is 10.7 Å². The Balaban J connectivity index is 1.56. The molecule has 0 radical (unpaired) electrons. The number of carbonyl (C=O) groups is 1. The highest BCUT2D eigenvalue weighted by Crippen LogP contribution is 2.38. The predicted octanol–water partition coefficient (Wildman–Crippen LogP) is 4.87. The highest BCUT2D eigenvalue weighted by molar-refractivity contribution is 7.21. The Morgan fingerprint density at radius 2 is 2.14 bits per heavy atom. The third-order valence-electron chi connectivity index (χ3n) is 3.60. The number of rotatable bonds is 6. The minimum Gasteiger partial charge on any atom is -0.508 e. The molecule has 4 rings (SSSR count). The van der Waals surface area contributed by atoms with Gasteiger partial charge in [0.25, 0.3) is 5.91 Å². The Morgan fingerprint density at radius 1 is 1.21 bits per heavy atom. The molecule has 3 N–H and O–H groups in total. The minimum atomic E-state index is -0.346. The van der Waals surface area contributed by atoms with Gasteiger partial charge in [-0.1, -0.05) is 29.5 Å². The minimum absolute atomic E-state index is 0.168. The fourth-order valence-corrected chi connectivity index (χ4v) is 3.98. The van der Waals surface area contributed by atoms with E-state index in [0.717, 1.165) is 10.4 Å².